The minimum Gasteiger partial charge on any atom is -0.366 e. The molecule has 3 N–H and O–H groups in total. The first-order valence-corrected chi connectivity index (χ1v) is 13.2. The molecule has 196 valence electrons. The molecule has 1 fully saturated rings. The first kappa shape index (κ1) is 26.4. The van der Waals surface area contributed by atoms with E-state index in [2.05, 4.69) is 20.3 Å². The van der Waals surface area contributed by atoms with Gasteiger partial charge in [-0.15, -0.1) is 0 Å². The molecule has 4 rings (SSSR count). The summed E-state index contributed by atoms with van der Waals surface area (Å²) in [5, 5.41) is 2.76. The van der Waals surface area contributed by atoms with Crippen LogP contribution in [0.3, 0.4) is 0 Å². The zero-order valence-electron chi connectivity index (χ0n) is 20.8. The van der Waals surface area contributed by atoms with Crippen LogP contribution in [-0.2, 0) is 15.4 Å². The number of halogens is 2. The molecule has 3 aromatic rings. The maximum Gasteiger partial charge on any atom is 0.252 e. The van der Waals surface area contributed by atoms with Crippen LogP contribution in [0.1, 0.15) is 53.6 Å². The van der Waals surface area contributed by atoms with Crippen LogP contribution in [0.2, 0.25) is 0 Å². The molecular weight excluding hydrogens is 502 g/mol. The summed E-state index contributed by atoms with van der Waals surface area (Å²) in [6, 6.07) is 3.74. The molecule has 1 amide bonds. The maximum atomic E-state index is 13.9. The second-order valence-corrected chi connectivity index (χ2v) is 11.2. The van der Waals surface area contributed by atoms with Gasteiger partial charge in [0.15, 0.2) is 16.7 Å². The fraction of sp³-hybridized carbons (Fsp3) is 0.360. The molecule has 2 aromatic heterocycles. The van der Waals surface area contributed by atoms with E-state index in [-0.39, 0.29) is 5.56 Å². The Morgan fingerprint density at radius 3 is 2.41 bits per heavy atom. The molecule has 37 heavy (non-hydrogen) atoms. The molecule has 9 nitrogen and oxygen atoms in total. The largest absolute Gasteiger partial charge is 0.366 e. The van der Waals surface area contributed by atoms with E-state index in [0.717, 1.165) is 30.9 Å². The number of hydrogen-bond donors (Lipinski definition) is 2. The summed E-state index contributed by atoms with van der Waals surface area (Å²) in [6.07, 6.45) is 6.61. The van der Waals surface area contributed by atoms with Gasteiger partial charge in [-0.1, -0.05) is 19.3 Å². The van der Waals surface area contributed by atoms with E-state index in [1.54, 1.807) is 12.3 Å². The van der Waals surface area contributed by atoms with Gasteiger partial charge >= 0.3 is 0 Å². The number of carbonyl (C=O) groups excluding carboxylic acids is 1. The van der Waals surface area contributed by atoms with E-state index < -0.39 is 42.8 Å². The minimum atomic E-state index is -4.52. The molecule has 0 bridgehead atoms. The van der Waals surface area contributed by atoms with Crippen LogP contribution in [0.25, 0.3) is 0 Å². The molecule has 1 saturated carbocycles. The normalized spacial score (nSPS) is 15.3. The summed E-state index contributed by atoms with van der Waals surface area (Å²) in [5.41, 5.74) is 5.74. The quantitative estimate of drug-likeness (QED) is 0.442. The highest BCUT2D eigenvalue weighted by Gasteiger charge is 2.40. The molecule has 0 unspecified atom stereocenters. The number of benzene rings is 1. The molecule has 0 atom stereocenters. The Labute approximate surface area is 214 Å². The third-order valence-electron chi connectivity index (χ3n) is 6.56. The van der Waals surface area contributed by atoms with Crippen molar-refractivity contribution in [2.45, 2.75) is 54.5 Å². The number of nitrogens with two attached hydrogens (primary N) is 1. The van der Waals surface area contributed by atoms with E-state index in [4.69, 9.17) is 5.73 Å². The highest BCUT2D eigenvalue weighted by atomic mass is 32.2. The van der Waals surface area contributed by atoms with Crippen molar-refractivity contribution >= 4 is 27.5 Å². The smallest absolute Gasteiger partial charge is 0.252 e. The molecule has 0 aliphatic heterocycles. The van der Waals surface area contributed by atoms with E-state index in [0.29, 0.717) is 42.3 Å². The number of anilines is 2. The van der Waals surface area contributed by atoms with Gasteiger partial charge in [-0.3, -0.25) is 4.79 Å². The predicted octanol–water partition coefficient (Wildman–Crippen LogP) is 3.73. The summed E-state index contributed by atoms with van der Waals surface area (Å²) >= 11 is 0. The summed E-state index contributed by atoms with van der Waals surface area (Å²) < 4.78 is 54.3. The number of sulfone groups is 1. The number of nitrogens with zero attached hydrogens (tertiary/aromatic N) is 4. The van der Waals surface area contributed by atoms with Crippen molar-refractivity contribution in [2.75, 3.05) is 24.3 Å². The van der Waals surface area contributed by atoms with E-state index in [9.17, 15) is 22.0 Å². The molecule has 0 saturated heterocycles. The molecular formula is C25H28F2N6O3S. The Morgan fingerprint density at radius 2 is 1.78 bits per heavy atom. The Morgan fingerprint density at radius 1 is 1.08 bits per heavy atom. The number of hydrogen-bond acceptors (Lipinski definition) is 8. The predicted molar refractivity (Wildman–Crippen MR) is 134 cm³/mol. The van der Waals surface area contributed by atoms with Crippen LogP contribution < -0.4 is 16.0 Å². The number of aryl methyl sites for hydroxylation is 1. The molecule has 12 heteroatoms. The number of aromatic nitrogens is 3. The van der Waals surface area contributed by atoms with Crippen LogP contribution in [0.4, 0.5) is 20.5 Å². The van der Waals surface area contributed by atoms with Crippen LogP contribution in [0.5, 0.6) is 0 Å². The summed E-state index contributed by atoms with van der Waals surface area (Å²) in [7, 11) is -0.802. The molecule has 1 aliphatic rings. The highest BCUT2D eigenvalue weighted by molar-refractivity contribution is 7.91. The number of rotatable bonds is 7. The lowest BCUT2D eigenvalue weighted by atomic mass is 9.75. The Hall–Kier alpha value is -3.67. The Bertz CT molecular complexity index is 1460. The van der Waals surface area contributed by atoms with Gasteiger partial charge < -0.3 is 16.0 Å². The second kappa shape index (κ2) is 10.0. The molecule has 0 spiro atoms. The fourth-order valence-corrected chi connectivity index (χ4v) is 6.22. The van der Waals surface area contributed by atoms with Gasteiger partial charge in [0.25, 0.3) is 5.91 Å². The number of nitrogens with one attached hydrogen (secondary N) is 1. The van der Waals surface area contributed by atoms with Crippen LogP contribution in [0, 0.1) is 18.6 Å². The Kier molecular flexibility index (Phi) is 7.13. The van der Waals surface area contributed by atoms with Gasteiger partial charge in [-0.25, -0.2) is 27.2 Å². The lowest BCUT2D eigenvalue weighted by Gasteiger charge is -2.40. The van der Waals surface area contributed by atoms with Gasteiger partial charge in [-0.05, 0) is 49.6 Å². The van der Waals surface area contributed by atoms with Gasteiger partial charge in [0, 0.05) is 32.1 Å². The van der Waals surface area contributed by atoms with Crippen LogP contribution >= 0.6 is 0 Å². The van der Waals surface area contributed by atoms with Gasteiger partial charge in [0.2, 0.25) is 15.8 Å². The zero-order chi connectivity index (χ0) is 27.0. The first-order valence-electron chi connectivity index (χ1n) is 11.7. The lowest BCUT2D eigenvalue weighted by molar-refractivity contribution is 0.0993. The van der Waals surface area contributed by atoms with Crippen molar-refractivity contribution in [3.05, 3.63) is 65.0 Å². The number of pyridine rings is 1. The van der Waals surface area contributed by atoms with Crippen molar-refractivity contribution in [3.8, 4) is 0 Å². The topological polar surface area (TPSA) is 131 Å². The third-order valence-corrected chi connectivity index (χ3v) is 8.25. The van der Waals surface area contributed by atoms with Crippen molar-refractivity contribution in [3.63, 3.8) is 0 Å². The average Bonchev–Trinajstić information content (AvgIpc) is 2.86. The van der Waals surface area contributed by atoms with Crippen molar-refractivity contribution < 1.29 is 22.0 Å². The van der Waals surface area contributed by atoms with Gasteiger partial charge in [-0.2, -0.15) is 4.98 Å². The lowest BCUT2D eigenvalue weighted by Crippen LogP contribution is -2.41. The maximum absolute atomic E-state index is 13.9. The van der Waals surface area contributed by atoms with Crippen LogP contribution in [0.15, 0.2) is 46.6 Å². The molecule has 1 aromatic carbocycles. The average molecular weight is 531 g/mol. The number of amides is 1. The molecule has 2 heterocycles. The number of primary amides is 1. The monoisotopic (exact) mass is 530 g/mol. The summed E-state index contributed by atoms with van der Waals surface area (Å²) in [5.74, 6) is -2.52. The summed E-state index contributed by atoms with van der Waals surface area (Å²) in [6.45, 7) is 1.89. The first-order chi connectivity index (χ1) is 17.5. The van der Waals surface area contributed by atoms with E-state index in [1.165, 1.54) is 6.20 Å². The van der Waals surface area contributed by atoms with Crippen molar-refractivity contribution in [1.29, 1.82) is 0 Å². The SMILES string of the molecule is Cc1cnc(NC2(c3ccnc(S(=O)(=O)c4ccc(F)c(F)c4)c3C(N)=O)CCCCC2)nc1N(C)C. The molecule has 1 aliphatic carbocycles. The second-order valence-electron chi connectivity index (χ2n) is 9.34. The van der Waals surface area contributed by atoms with Crippen LogP contribution in [-0.4, -0.2) is 43.4 Å². The van der Waals surface area contributed by atoms with Crippen molar-refractivity contribution in [2.24, 2.45) is 5.73 Å². The van der Waals surface area contributed by atoms with Gasteiger partial charge in [0.1, 0.15) is 5.82 Å². The van der Waals surface area contributed by atoms with Gasteiger partial charge in [0.05, 0.1) is 16.0 Å². The Balaban J connectivity index is 1.90. The molecule has 0 radical (unpaired) electrons. The van der Waals surface area contributed by atoms with E-state index >= 15 is 0 Å². The fourth-order valence-electron chi connectivity index (χ4n) is 4.82. The standard InChI is InChI=1S/C25H28F2N6O3S/c1-15-14-30-24(31-22(15)33(2)3)32-25(10-5-4-6-11-25)17-9-12-29-23(20(17)21(28)34)37(35,36)16-7-8-18(26)19(27)13-16/h7-9,12-14H,4-6,10-11H2,1-3H3,(H2,28,34)(H,30,31,32). The van der Waals surface area contributed by atoms with E-state index in [1.807, 2.05) is 25.9 Å². The minimum absolute atomic E-state index is 0.304. The van der Waals surface area contributed by atoms with Crippen molar-refractivity contribution in [1.82, 2.24) is 15.0 Å². The summed E-state index contributed by atoms with van der Waals surface area (Å²) in [4.78, 5) is 27.1. The third kappa shape index (κ3) is 4.97. The highest BCUT2D eigenvalue weighted by Crippen LogP contribution is 2.42. The zero-order valence-corrected chi connectivity index (χ0v) is 21.6. The number of carbonyl (C=O) groups is 1.